The molecule has 2 nitrogen and oxygen atoms in total. The van der Waals surface area contributed by atoms with E-state index in [2.05, 4.69) is 19.2 Å². The summed E-state index contributed by atoms with van der Waals surface area (Å²) in [6.45, 7) is 5.52. The first-order valence-corrected chi connectivity index (χ1v) is 7.15. The number of nitrogens with one attached hydrogen (secondary N) is 1. The zero-order chi connectivity index (χ0) is 13.1. The molecule has 0 bridgehead atoms. The topological polar surface area (TPSA) is 32.3 Å². The van der Waals surface area contributed by atoms with Crippen LogP contribution in [0.4, 0.5) is 0 Å². The number of aromatic hydroxyl groups is 1. The Kier molecular flexibility index (Phi) is 4.52. The third-order valence-corrected chi connectivity index (χ3v) is 4.51. The van der Waals surface area contributed by atoms with Crippen molar-refractivity contribution in [2.24, 2.45) is 11.8 Å². The molecule has 1 aliphatic rings. The lowest BCUT2D eigenvalue weighted by molar-refractivity contribution is 0.225. The van der Waals surface area contributed by atoms with E-state index in [-0.39, 0.29) is 5.75 Å². The fourth-order valence-electron chi connectivity index (χ4n) is 2.66. The zero-order valence-electron chi connectivity index (χ0n) is 11.1. The molecule has 3 heteroatoms. The lowest BCUT2D eigenvalue weighted by Gasteiger charge is -2.32. The summed E-state index contributed by atoms with van der Waals surface area (Å²) in [4.78, 5) is 0. The van der Waals surface area contributed by atoms with Gasteiger partial charge >= 0.3 is 0 Å². The Balaban J connectivity index is 1.86. The molecule has 2 N–H and O–H groups in total. The minimum absolute atomic E-state index is 0.153. The van der Waals surface area contributed by atoms with Gasteiger partial charge in [-0.2, -0.15) is 0 Å². The molecule has 100 valence electrons. The van der Waals surface area contributed by atoms with Crippen molar-refractivity contribution in [1.82, 2.24) is 5.32 Å². The first kappa shape index (κ1) is 13.7. The molecule has 1 aromatic rings. The van der Waals surface area contributed by atoms with Crippen LogP contribution in [0.5, 0.6) is 5.75 Å². The van der Waals surface area contributed by atoms with Crippen molar-refractivity contribution in [3.05, 3.63) is 28.8 Å². The summed E-state index contributed by atoms with van der Waals surface area (Å²) in [6, 6.07) is 6.02. The molecule has 0 radical (unpaired) electrons. The van der Waals surface area contributed by atoms with Gasteiger partial charge in [-0.05, 0) is 48.8 Å². The fraction of sp³-hybridized carbons (Fsp3) is 0.600. The number of halogens is 1. The molecule has 2 rings (SSSR count). The van der Waals surface area contributed by atoms with E-state index in [0.29, 0.717) is 11.1 Å². The summed E-state index contributed by atoms with van der Waals surface area (Å²) in [6.07, 6.45) is 3.83. The third kappa shape index (κ3) is 3.39. The van der Waals surface area contributed by atoms with Crippen molar-refractivity contribution in [2.45, 2.75) is 45.7 Å². The monoisotopic (exact) mass is 267 g/mol. The largest absolute Gasteiger partial charge is 0.506 e. The van der Waals surface area contributed by atoms with Gasteiger partial charge in [0.25, 0.3) is 0 Å². The maximum atomic E-state index is 9.37. The van der Waals surface area contributed by atoms with E-state index in [4.69, 9.17) is 11.6 Å². The van der Waals surface area contributed by atoms with Crippen LogP contribution in [0.3, 0.4) is 0 Å². The first-order chi connectivity index (χ1) is 8.56. The number of hydrogen-bond acceptors (Lipinski definition) is 2. The molecule has 1 fully saturated rings. The predicted molar refractivity (Wildman–Crippen MR) is 75.9 cm³/mol. The van der Waals surface area contributed by atoms with Crippen LogP contribution in [-0.4, -0.2) is 11.1 Å². The van der Waals surface area contributed by atoms with Crippen molar-refractivity contribution < 1.29 is 5.11 Å². The van der Waals surface area contributed by atoms with Gasteiger partial charge in [0.15, 0.2) is 0 Å². The molecular weight excluding hydrogens is 246 g/mol. The van der Waals surface area contributed by atoms with Crippen molar-refractivity contribution in [3.8, 4) is 5.75 Å². The number of phenols is 1. The molecule has 1 saturated carbocycles. The lowest BCUT2D eigenvalue weighted by Crippen LogP contribution is -2.35. The van der Waals surface area contributed by atoms with E-state index in [0.717, 1.165) is 23.9 Å². The van der Waals surface area contributed by atoms with Gasteiger partial charge in [-0.1, -0.05) is 31.5 Å². The van der Waals surface area contributed by atoms with Crippen LogP contribution in [0.1, 0.15) is 38.7 Å². The van der Waals surface area contributed by atoms with Crippen LogP contribution in [0.2, 0.25) is 5.02 Å². The molecule has 3 unspecified atom stereocenters. The van der Waals surface area contributed by atoms with Gasteiger partial charge in [0.1, 0.15) is 5.75 Å². The van der Waals surface area contributed by atoms with Gasteiger partial charge in [-0.3, -0.25) is 0 Å². The molecule has 0 spiro atoms. The van der Waals surface area contributed by atoms with Gasteiger partial charge in [-0.25, -0.2) is 0 Å². The Labute approximate surface area is 114 Å². The molecule has 0 aromatic heterocycles. The standard InChI is InChI=1S/C15H22ClNO/c1-10-3-5-13(7-11(10)2)17-9-12-4-6-15(18)14(16)8-12/h4,6,8,10-11,13,17-18H,3,5,7,9H2,1-2H3. The van der Waals surface area contributed by atoms with E-state index < -0.39 is 0 Å². The van der Waals surface area contributed by atoms with E-state index in [1.165, 1.54) is 19.3 Å². The zero-order valence-corrected chi connectivity index (χ0v) is 11.9. The van der Waals surface area contributed by atoms with Gasteiger partial charge in [0, 0.05) is 12.6 Å². The molecule has 1 aliphatic carbocycles. The Morgan fingerprint density at radius 2 is 2.06 bits per heavy atom. The van der Waals surface area contributed by atoms with Crippen LogP contribution in [-0.2, 0) is 6.54 Å². The SMILES string of the molecule is CC1CCC(NCc2ccc(O)c(Cl)c2)CC1C. The Morgan fingerprint density at radius 1 is 1.28 bits per heavy atom. The van der Waals surface area contributed by atoms with Gasteiger partial charge in [0.05, 0.1) is 5.02 Å². The first-order valence-electron chi connectivity index (χ1n) is 6.77. The summed E-state index contributed by atoms with van der Waals surface area (Å²) >= 11 is 5.90. The minimum Gasteiger partial charge on any atom is -0.506 e. The summed E-state index contributed by atoms with van der Waals surface area (Å²) in [5.41, 5.74) is 1.13. The Hall–Kier alpha value is -0.730. The van der Waals surface area contributed by atoms with E-state index in [1.54, 1.807) is 6.07 Å². The van der Waals surface area contributed by atoms with Crippen LogP contribution in [0, 0.1) is 11.8 Å². The molecule has 0 aliphatic heterocycles. The summed E-state index contributed by atoms with van der Waals surface area (Å²) < 4.78 is 0. The van der Waals surface area contributed by atoms with Crippen molar-refractivity contribution in [2.75, 3.05) is 0 Å². The molecule has 1 aromatic carbocycles. The number of benzene rings is 1. The van der Waals surface area contributed by atoms with Crippen molar-refractivity contribution >= 4 is 11.6 Å². The quantitative estimate of drug-likeness (QED) is 0.869. The molecule has 0 heterocycles. The van der Waals surface area contributed by atoms with Crippen LogP contribution in [0.15, 0.2) is 18.2 Å². The summed E-state index contributed by atoms with van der Waals surface area (Å²) in [7, 11) is 0. The van der Waals surface area contributed by atoms with Gasteiger partial charge < -0.3 is 10.4 Å². The second-order valence-corrected chi connectivity index (χ2v) is 6.04. The average Bonchev–Trinajstić information content (AvgIpc) is 2.35. The van der Waals surface area contributed by atoms with Crippen LogP contribution >= 0.6 is 11.6 Å². The highest BCUT2D eigenvalue weighted by Crippen LogP contribution is 2.29. The van der Waals surface area contributed by atoms with Gasteiger partial charge in [0.2, 0.25) is 0 Å². The number of hydrogen-bond donors (Lipinski definition) is 2. The lowest BCUT2D eigenvalue weighted by atomic mass is 9.79. The molecule has 3 atom stereocenters. The Bertz CT molecular complexity index is 407. The van der Waals surface area contributed by atoms with E-state index in [1.807, 2.05) is 12.1 Å². The smallest absolute Gasteiger partial charge is 0.134 e. The van der Waals surface area contributed by atoms with Crippen molar-refractivity contribution in [1.29, 1.82) is 0 Å². The maximum absolute atomic E-state index is 9.37. The second kappa shape index (κ2) is 5.94. The molecule has 0 saturated heterocycles. The third-order valence-electron chi connectivity index (χ3n) is 4.21. The maximum Gasteiger partial charge on any atom is 0.134 e. The molecule has 18 heavy (non-hydrogen) atoms. The summed E-state index contributed by atoms with van der Waals surface area (Å²) in [5, 5.41) is 13.4. The summed E-state index contributed by atoms with van der Waals surface area (Å²) in [5.74, 6) is 1.81. The minimum atomic E-state index is 0.153. The predicted octanol–water partition coefficient (Wildman–Crippen LogP) is 3.96. The fourth-order valence-corrected chi connectivity index (χ4v) is 2.86. The highest BCUT2D eigenvalue weighted by Gasteiger charge is 2.23. The number of phenolic OH excluding ortho intramolecular Hbond substituents is 1. The van der Waals surface area contributed by atoms with E-state index >= 15 is 0 Å². The number of rotatable bonds is 3. The van der Waals surface area contributed by atoms with E-state index in [9.17, 15) is 5.11 Å². The Morgan fingerprint density at radius 3 is 2.72 bits per heavy atom. The average molecular weight is 268 g/mol. The second-order valence-electron chi connectivity index (χ2n) is 5.63. The normalized spacial score (nSPS) is 28.3. The molecular formula is C15H22ClNO. The van der Waals surface area contributed by atoms with Crippen molar-refractivity contribution in [3.63, 3.8) is 0 Å². The molecule has 0 amide bonds. The highest BCUT2D eigenvalue weighted by atomic mass is 35.5. The van der Waals surface area contributed by atoms with Gasteiger partial charge in [-0.15, -0.1) is 0 Å². The highest BCUT2D eigenvalue weighted by molar-refractivity contribution is 6.32. The van der Waals surface area contributed by atoms with Crippen LogP contribution < -0.4 is 5.32 Å². The van der Waals surface area contributed by atoms with Crippen LogP contribution in [0.25, 0.3) is 0 Å².